The molecule has 1 amide bonds. The van der Waals surface area contributed by atoms with E-state index in [0.29, 0.717) is 5.82 Å². The van der Waals surface area contributed by atoms with E-state index < -0.39 is 11.9 Å². The van der Waals surface area contributed by atoms with Crippen molar-refractivity contribution in [3.63, 3.8) is 0 Å². The fourth-order valence-electron chi connectivity index (χ4n) is 1.51. The van der Waals surface area contributed by atoms with Crippen molar-refractivity contribution >= 4 is 11.9 Å². The fourth-order valence-corrected chi connectivity index (χ4v) is 1.51. The predicted octanol–water partition coefficient (Wildman–Crippen LogP) is 1.13. The topological polar surface area (TPSA) is 88.2 Å². The van der Waals surface area contributed by atoms with Crippen LogP contribution in [-0.2, 0) is 14.9 Å². The zero-order valence-corrected chi connectivity index (χ0v) is 12.9. The molecule has 0 radical (unpaired) electrons. The van der Waals surface area contributed by atoms with Gasteiger partial charge in [0, 0.05) is 11.5 Å². The van der Waals surface area contributed by atoms with Gasteiger partial charge >= 0.3 is 5.97 Å². The minimum atomic E-state index is -0.473. The molecule has 1 heterocycles. The summed E-state index contributed by atoms with van der Waals surface area (Å²) in [5, 5.41) is 6.70. The van der Waals surface area contributed by atoms with Gasteiger partial charge in [-0.25, -0.2) is 4.98 Å². The molecule has 0 aliphatic rings. The summed E-state index contributed by atoms with van der Waals surface area (Å²) in [6.07, 6.45) is 0. The molecule has 7 heteroatoms. The van der Waals surface area contributed by atoms with Crippen LogP contribution in [0.5, 0.6) is 0 Å². The Morgan fingerprint density at radius 3 is 2.35 bits per heavy atom. The molecule has 112 valence electrons. The molecule has 0 bridgehead atoms. The van der Waals surface area contributed by atoms with Gasteiger partial charge in [-0.15, -0.1) is 5.10 Å². The van der Waals surface area contributed by atoms with Crippen molar-refractivity contribution in [2.45, 2.75) is 46.1 Å². The summed E-state index contributed by atoms with van der Waals surface area (Å²) in [7, 11) is 1.29. The normalized spacial score (nSPS) is 11.6. The van der Waals surface area contributed by atoms with E-state index in [4.69, 9.17) is 0 Å². The summed E-state index contributed by atoms with van der Waals surface area (Å²) in [6, 6.07) is -0.154. The zero-order chi connectivity index (χ0) is 15.5. The third-order valence-corrected chi connectivity index (χ3v) is 2.80. The number of amides is 1. The number of nitrogens with one attached hydrogen (secondary N) is 1. The molecule has 1 aromatic rings. The molecule has 0 aliphatic carbocycles. The number of nitrogens with zero attached hydrogens (tertiary/aromatic N) is 3. The molecule has 0 saturated heterocycles. The third kappa shape index (κ3) is 3.79. The monoisotopic (exact) mass is 282 g/mol. The lowest BCUT2D eigenvalue weighted by atomic mass is 9.96. The van der Waals surface area contributed by atoms with Crippen molar-refractivity contribution in [2.24, 2.45) is 0 Å². The highest BCUT2D eigenvalue weighted by Gasteiger charge is 2.27. The van der Waals surface area contributed by atoms with Crippen LogP contribution in [0.25, 0.3) is 0 Å². The second kappa shape index (κ2) is 6.02. The number of hydrogen-bond acceptors (Lipinski definition) is 5. The Hall–Kier alpha value is -1.92. The van der Waals surface area contributed by atoms with Crippen LogP contribution in [0.2, 0.25) is 0 Å². The number of H-pyrrole nitrogens is 1. The number of carbonyl (C=O) groups excluding carboxylic acids is 2. The van der Waals surface area contributed by atoms with Crippen LogP contribution < -0.4 is 0 Å². The van der Waals surface area contributed by atoms with Crippen LogP contribution in [0.15, 0.2) is 0 Å². The smallest absolute Gasteiger partial charge is 0.325 e. The molecule has 0 aromatic carbocycles. The lowest BCUT2D eigenvalue weighted by Gasteiger charge is -2.24. The summed E-state index contributed by atoms with van der Waals surface area (Å²) in [5.41, 5.74) is -0.226. The highest BCUT2D eigenvalue weighted by atomic mass is 16.5. The van der Waals surface area contributed by atoms with Gasteiger partial charge in [-0.2, -0.15) is 0 Å². The van der Waals surface area contributed by atoms with E-state index in [0.717, 1.165) is 0 Å². The van der Waals surface area contributed by atoms with Gasteiger partial charge in [0.1, 0.15) is 12.4 Å². The number of hydrogen-bond donors (Lipinski definition) is 1. The Balaban J connectivity index is 2.95. The van der Waals surface area contributed by atoms with Crippen molar-refractivity contribution in [1.29, 1.82) is 0 Å². The Kier molecular flexibility index (Phi) is 4.86. The van der Waals surface area contributed by atoms with Gasteiger partial charge in [0.25, 0.3) is 5.91 Å². The Labute approximate surface area is 118 Å². The lowest BCUT2D eigenvalue weighted by Crippen LogP contribution is -2.41. The van der Waals surface area contributed by atoms with Crippen LogP contribution in [0.3, 0.4) is 0 Å². The van der Waals surface area contributed by atoms with Gasteiger partial charge in [-0.3, -0.25) is 14.7 Å². The first-order chi connectivity index (χ1) is 9.16. The quantitative estimate of drug-likeness (QED) is 0.836. The average Bonchev–Trinajstić information content (AvgIpc) is 2.83. The Morgan fingerprint density at radius 2 is 1.95 bits per heavy atom. The van der Waals surface area contributed by atoms with E-state index in [1.807, 2.05) is 34.6 Å². The SMILES string of the molecule is COC(=O)CN(C(=O)c1n[nH]c(C(C)(C)C)n1)C(C)C. The number of aromatic amines is 1. The van der Waals surface area contributed by atoms with Gasteiger partial charge in [-0.05, 0) is 13.8 Å². The number of ether oxygens (including phenoxy) is 1. The minimum Gasteiger partial charge on any atom is -0.468 e. The number of esters is 1. The zero-order valence-electron chi connectivity index (χ0n) is 12.9. The molecular weight excluding hydrogens is 260 g/mol. The molecule has 7 nitrogen and oxygen atoms in total. The molecule has 1 aromatic heterocycles. The molecule has 0 aliphatic heterocycles. The van der Waals surface area contributed by atoms with Crippen LogP contribution in [0.1, 0.15) is 51.1 Å². The van der Waals surface area contributed by atoms with Crippen molar-refractivity contribution in [3.8, 4) is 0 Å². The van der Waals surface area contributed by atoms with E-state index in [-0.39, 0.29) is 23.8 Å². The standard InChI is InChI=1S/C13H22N4O3/c1-8(2)17(7-9(18)20-6)11(19)10-14-12(16-15-10)13(3,4)5/h8H,7H2,1-6H3,(H,14,15,16). The highest BCUT2D eigenvalue weighted by Crippen LogP contribution is 2.18. The number of rotatable bonds is 4. The highest BCUT2D eigenvalue weighted by molar-refractivity contribution is 5.92. The molecule has 1 rings (SSSR count). The molecule has 0 unspecified atom stereocenters. The average molecular weight is 282 g/mol. The molecule has 20 heavy (non-hydrogen) atoms. The van der Waals surface area contributed by atoms with Crippen molar-refractivity contribution in [2.75, 3.05) is 13.7 Å². The molecule has 0 saturated carbocycles. The summed E-state index contributed by atoms with van der Waals surface area (Å²) in [6.45, 7) is 9.42. The lowest BCUT2D eigenvalue weighted by molar-refractivity contribution is -0.141. The Morgan fingerprint density at radius 1 is 1.35 bits per heavy atom. The molecule has 0 fully saturated rings. The maximum atomic E-state index is 12.4. The van der Waals surface area contributed by atoms with Crippen molar-refractivity contribution in [3.05, 3.63) is 11.6 Å². The van der Waals surface area contributed by atoms with Gasteiger partial charge in [-0.1, -0.05) is 20.8 Å². The van der Waals surface area contributed by atoms with E-state index >= 15 is 0 Å². The van der Waals surface area contributed by atoms with Crippen LogP contribution in [0, 0.1) is 0 Å². The van der Waals surface area contributed by atoms with E-state index in [1.54, 1.807) is 0 Å². The van der Waals surface area contributed by atoms with Crippen LogP contribution in [0.4, 0.5) is 0 Å². The summed E-state index contributed by atoms with van der Waals surface area (Å²) in [5.74, 6) is -0.175. The van der Waals surface area contributed by atoms with E-state index in [2.05, 4.69) is 19.9 Å². The van der Waals surface area contributed by atoms with Crippen molar-refractivity contribution < 1.29 is 14.3 Å². The summed E-state index contributed by atoms with van der Waals surface area (Å²) >= 11 is 0. The maximum Gasteiger partial charge on any atom is 0.325 e. The second-order valence-corrected chi connectivity index (χ2v) is 5.86. The first-order valence-electron chi connectivity index (χ1n) is 6.47. The first-order valence-corrected chi connectivity index (χ1v) is 6.47. The maximum absolute atomic E-state index is 12.4. The van der Waals surface area contributed by atoms with Crippen molar-refractivity contribution in [1.82, 2.24) is 20.1 Å². The minimum absolute atomic E-state index is 0.0625. The molecular formula is C13H22N4O3. The van der Waals surface area contributed by atoms with Gasteiger partial charge < -0.3 is 9.64 Å². The number of aromatic nitrogens is 3. The largest absolute Gasteiger partial charge is 0.468 e. The summed E-state index contributed by atoms with van der Waals surface area (Å²) < 4.78 is 4.59. The summed E-state index contributed by atoms with van der Waals surface area (Å²) in [4.78, 5) is 29.3. The van der Waals surface area contributed by atoms with Crippen LogP contribution >= 0.6 is 0 Å². The second-order valence-electron chi connectivity index (χ2n) is 5.86. The Bertz CT molecular complexity index is 488. The fraction of sp³-hybridized carbons (Fsp3) is 0.692. The molecule has 0 spiro atoms. The molecule has 1 N–H and O–H groups in total. The van der Waals surface area contributed by atoms with Gasteiger partial charge in [0.05, 0.1) is 7.11 Å². The number of methoxy groups -OCH3 is 1. The third-order valence-electron chi connectivity index (χ3n) is 2.80. The van der Waals surface area contributed by atoms with E-state index in [1.165, 1.54) is 12.0 Å². The first kappa shape index (κ1) is 16.1. The van der Waals surface area contributed by atoms with Gasteiger partial charge in [0.15, 0.2) is 0 Å². The van der Waals surface area contributed by atoms with E-state index in [9.17, 15) is 9.59 Å². The van der Waals surface area contributed by atoms with Gasteiger partial charge in [0.2, 0.25) is 5.82 Å². The molecule has 0 atom stereocenters. The number of carbonyl (C=O) groups is 2. The predicted molar refractivity (Wildman–Crippen MR) is 73.3 cm³/mol. The van der Waals surface area contributed by atoms with Crippen LogP contribution in [-0.4, -0.2) is 51.7 Å².